The predicted molar refractivity (Wildman–Crippen MR) is 99.7 cm³/mol. The van der Waals surface area contributed by atoms with Gasteiger partial charge >= 0.3 is 0 Å². The Bertz CT molecular complexity index is 817. The van der Waals surface area contributed by atoms with E-state index in [2.05, 4.69) is 0 Å². The van der Waals surface area contributed by atoms with Gasteiger partial charge in [-0.05, 0) is 42.0 Å². The standard InChI is InChI=1S/C20H17F2NO2.ClH/c21-20(22)19(23)14-11-12-17(24-15-7-3-1-4-8-15)18(13-14)25-16-9-5-2-6-10-16;/h1-13,19-20H,23H2;1H/t19-;/m1./s1. The normalized spacial score (nSPS) is 11.5. The Kier molecular flexibility index (Phi) is 6.95. The van der Waals surface area contributed by atoms with E-state index in [1.54, 1.807) is 30.3 Å². The van der Waals surface area contributed by atoms with Crippen LogP contribution in [0.2, 0.25) is 0 Å². The van der Waals surface area contributed by atoms with E-state index in [-0.39, 0.29) is 18.0 Å². The maximum Gasteiger partial charge on any atom is 0.257 e. The molecule has 0 aliphatic carbocycles. The van der Waals surface area contributed by atoms with Crippen LogP contribution in [0.1, 0.15) is 11.6 Å². The molecule has 3 rings (SSSR count). The number of para-hydroxylation sites is 2. The fraction of sp³-hybridized carbons (Fsp3) is 0.100. The number of hydrogen-bond acceptors (Lipinski definition) is 3. The lowest BCUT2D eigenvalue weighted by molar-refractivity contribution is 0.116. The van der Waals surface area contributed by atoms with Crippen LogP contribution in [0, 0.1) is 0 Å². The summed E-state index contributed by atoms with van der Waals surface area (Å²) >= 11 is 0. The molecule has 3 aromatic rings. The van der Waals surface area contributed by atoms with Crippen LogP contribution in [0.5, 0.6) is 23.0 Å². The summed E-state index contributed by atoms with van der Waals surface area (Å²) < 4.78 is 37.5. The number of halogens is 3. The van der Waals surface area contributed by atoms with Crippen LogP contribution >= 0.6 is 12.4 Å². The Hall–Kier alpha value is -2.63. The lowest BCUT2D eigenvalue weighted by Crippen LogP contribution is -2.18. The highest BCUT2D eigenvalue weighted by atomic mass is 35.5. The van der Waals surface area contributed by atoms with Crippen LogP contribution in [-0.4, -0.2) is 6.43 Å². The molecule has 0 spiro atoms. The first-order valence-corrected chi connectivity index (χ1v) is 7.77. The van der Waals surface area contributed by atoms with Gasteiger partial charge in [-0.2, -0.15) is 0 Å². The van der Waals surface area contributed by atoms with Gasteiger partial charge < -0.3 is 15.2 Å². The highest BCUT2D eigenvalue weighted by molar-refractivity contribution is 5.85. The van der Waals surface area contributed by atoms with Gasteiger partial charge in [0.05, 0.1) is 6.04 Å². The number of nitrogens with two attached hydrogens (primary N) is 1. The van der Waals surface area contributed by atoms with E-state index in [9.17, 15) is 8.78 Å². The first-order valence-electron chi connectivity index (χ1n) is 7.77. The summed E-state index contributed by atoms with van der Waals surface area (Å²) in [5, 5.41) is 0. The molecule has 6 heteroatoms. The molecule has 0 fully saturated rings. The van der Waals surface area contributed by atoms with Crippen molar-refractivity contribution in [2.24, 2.45) is 5.73 Å². The number of hydrogen-bond donors (Lipinski definition) is 1. The molecule has 0 unspecified atom stereocenters. The van der Waals surface area contributed by atoms with Crippen molar-refractivity contribution in [1.29, 1.82) is 0 Å². The summed E-state index contributed by atoms with van der Waals surface area (Å²) in [6.07, 6.45) is -2.66. The number of rotatable bonds is 6. The van der Waals surface area contributed by atoms with Gasteiger partial charge in [-0.1, -0.05) is 42.5 Å². The lowest BCUT2D eigenvalue weighted by atomic mass is 10.1. The fourth-order valence-electron chi connectivity index (χ4n) is 2.27. The maximum absolute atomic E-state index is 12.9. The summed E-state index contributed by atoms with van der Waals surface area (Å²) in [6.45, 7) is 0. The van der Waals surface area contributed by atoms with E-state index < -0.39 is 12.5 Å². The second-order valence-electron chi connectivity index (χ2n) is 5.40. The van der Waals surface area contributed by atoms with Crippen LogP contribution in [0.25, 0.3) is 0 Å². The minimum Gasteiger partial charge on any atom is -0.453 e. The largest absolute Gasteiger partial charge is 0.453 e. The smallest absolute Gasteiger partial charge is 0.257 e. The molecule has 0 aliphatic heterocycles. The quantitative estimate of drug-likeness (QED) is 0.576. The minimum absolute atomic E-state index is 0. The van der Waals surface area contributed by atoms with Crippen LogP contribution in [0.15, 0.2) is 78.9 Å². The first kappa shape index (κ1) is 19.7. The second-order valence-corrected chi connectivity index (χ2v) is 5.40. The summed E-state index contributed by atoms with van der Waals surface area (Å²) in [6, 6.07) is 21.4. The topological polar surface area (TPSA) is 44.5 Å². The Morgan fingerprint density at radius 3 is 1.69 bits per heavy atom. The van der Waals surface area contributed by atoms with Crippen molar-refractivity contribution in [2.45, 2.75) is 12.5 Å². The van der Waals surface area contributed by atoms with E-state index in [0.29, 0.717) is 23.0 Å². The molecule has 3 nitrogen and oxygen atoms in total. The molecule has 2 N–H and O–H groups in total. The Morgan fingerprint density at radius 2 is 1.19 bits per heavy atom. The third-order valence-corrected chi connectivity index (χ3v) is 3.57. The monoisotopic (exact) mass is 377 g/mol. The number of benzene rings is 3. The average Bonchev–Trinajstić information content (AvgIpc) is 2.64. The molecule has 0 heterocycles. The molecule has 136 valence electrons. The molecule has 0 bridgehead atoms. The van der Waals surface area contributed by atoms with E-state index in [1.165, 1.54) is 12.1 Å². The summed E-state index contributed by atoms with van der Waals surface area (Å²) in [5.74, 6) is 1.93. The zero-order valence-electron chi connectivity index (χ0n) is 13.7. The highest BCUT2D eigenvalue weighted by Crippen LogP contribution is 2.37. The first-order chi connectivity index (χ1) is 12.1. The van der Waals surface area contributed by atoms with Crippen molar-refractivity contribution in [3.05, 3.63) is 84.4 Å². The molecule has 0 aliphatic rings. The van der Waals surface area contributed by atoms with Crippen LogP contribution in [0.3, 0.4) is 0 Å². The molecule has 1 atom stereocenters. The van der Waals surface area contributed by atoms with Gasteiger partial charge in [-0.25, -0.2) is 8.78 Å². The van der Waals surface area contributed by atoms with Gasteiger partial charge in [0.25, 0.3) is 6.43 Å². The fourth-order valence-corrected chi connectivity index (χ4v) is 2.27. The van der Waals surface area contributed by atoms with Gasteiger partial charge in [0.15, 0.2) is 11.5 Å². The third kappa shape index (κ3) is 4.94. The number of alkyl halides is 2. The van der Waals surface area contributed by atoms with Crippen molar-refractivity contribution in [1.82, 2.24) is 0 Å². The van der Waals surface area contributed by atoms with Gasteiger partial charge in [-0.3, -0.25) is 0 Å². The van der Waals surface area contributed by atoms with E-state index in [4.69, 9.17) is 15.2 Å². The SMILES string of the molecule is Cl.N[C@H](c1ccc(Oc2ccccc2)c(Oc2ccccc2)c1)C(F)F. The summed E-state index contributed by atoms with van der Waals surface area (Å²) in [4.78, 5) is 0. The van der Waals surface area contributed by atoms with Crippen LogP contribution in [0.4, 0.5) is 8.78 Å². The van der Waals surface area contributed by atoms with E-state index >= 15 is 0 Å². The summed E-state index contributed by atoms with van der Waals surface area (Å²) in [7, 11) is 0. The van der Waals surface area contributed by atoms with Crippen molar-refractivity contribution < 1.29 is 18.3 Å². The van der Waals surface area contributed by atoms with Gasteiger partial charge in [0.2, 0.25) is 0 Å². The van der Waals surface area contributed by atoms with Gasteiger partial charge in [0, 0.05) is 0 Å². The summed E-state index contributed by atoms with van der Waals surface area (Å²) in [5.41, 5.74) is 5.84. The molecule has 0 saturated heterocycles. The average molecular weight is 378 g/mol. The Balaban J connectivity index is 0.00000243. The molecule has 3 aromatic carbocycles. The lowest BCUT2D eigenvalue weighted by Gasteiger charge is -2.16. The van der Waals surface area contributed by atoms with Crippen molar-refractivity contribution in [3.8, 4) is 23.0 Å². The van der Waals surface area contributed by atoms with E-state index in [1.807, 2.05) is 36.4 Å². The molecule has 0 amide bonds. The third-order valence-electron chi connectivity index (χ3n) is 3.57. The predicted octanol–water partition coefficient (Wildman–Crippen LogP) is 5.96. The molecule has 0 radical (unpaired) electrons. The maximum atomic E-state index is 12.9. The second kappa shape index (κ2) is 9.17. The van der Waals surface area contributed by atoms with Crippen molar-refractivity contribution in [2.75, 3.05) is 0 Å². The Morgan fingerprint density at radius 1 is 0.692 bits per heavy atom. The van der Waals surface area contributed by atoms with Gasteiger partial charge in [0.1, 0.15) is 11.5 Å². The van der Waals surface area contributed by atoms with Crippen molar-refractivity contribution in [3.63, 3.8) is 0 Å². The minimum atomic E-state index is -2.66. The zero-order valence-corrected chi connectivity index (χ0v) is 14.5. The Labute approximate surface area is 156 Å². The van der Waals surface area contributed by atoms with Crippen molar-refractivity contribution >= 4 is 12.4 Å². The molecular formula is C20H18ClF2NO2. The highest BCUT2D eigenvalue weighted by Gasteiger charge is 2.20. The number of ether oxygens (including phenoxy) is 2. The van der Waals surface area contributed by atoms with Crippen LogP contribution in [-0.2, 0) is 0 Å². The van der Waals surface area contributed by atoms with Crippen LogP contribution < -0.4 is 15.2 Å². The van der Waals surface area contributed by atoms with E-state index in [0.717, 1.165) is 0 Å². The molecule has 0 aromatic heterocycles. The molecular weight excluding hydrogens is 360 g/mol. The molecule has 26 heavy (non-hydrogen) atoms. The molecule has 0 saturated carbocycles. The van der Waals surface area contributed by atoms with Gasteiger partial charge in [-0.15, -0.1) is 12.4 Å². The zero-order chi connectivity index (χ0) is 17.6.